The number of carbonyl (C=O) groups excluding carboxylic acids is 3. The number of hydrogen-bond donors (Lipinski definition) is 0. The van der Waals surface area contributed by atoms with Gasteiger partial charge in [-0.3, -0.25) is 4.79 Å². The van der Waals surface area contributed by atoms with E-state index >= 15 is 0 Å². The molecule has 1 aromatic rings. The van der Waals surface area contributed by atoms with E-state index in [9.17, 15) is 22.8 Å². The largest absolute Gasteiger partial charge is 0.461 e. The summed E-state index contributed by atoms with van der Waals surface area (Å²) in [6.45, 7) is 2.79. The Kier molecular flexibility index (Phi) is 4.89. The SMILES string of the molecule is CCOC(=O)c1cn(C[C@@]2(C)[C@H](C(=O)OCCl)N3C(=O)C[C@@H]3S2(=O)=O)nn1. The Bertz CT molecular complexity index is 901. The zero-order chi connectivity index (χ0) is 20.0. The molecule has 3 heterocycles. The van der Waals surface area contributed by atoms with Gasteiger partial charge in [0.05, 0.1) is 25.8 Å². The Hall–Kier alpha value is -2.21. The van der Waals surface area contributed by atoms with E-state index in [1.54, 1.807) is 6.92 Å². The minimum Gasteiger partial charge on any atom is -0.461 e. The highest BCUT2D eigenvalue weighted by atomic mass is 35.5. The summed E-state index contributed by atoms with van der Waals surface area (Å²) in [6.07, 6.45) is 1.02. The number of hydrogen-bond acceptors (Lipinski definition) is 9. The maximum absolute atomic E-state index is 13.0. The molecule has 1 aromatic heterocycles. The Morgan fingerprint density at radius 1 is 1.41 bits per heavy atom. The van der Waals surface area contributed by atoms with Gasteiger partial charge in [-0.2, -0.15) is 0 Å². The van der Waals surface area contributed by atoms with Crippen LogP contribution in [0.3, 0.4) is 0 Å². The molecule has 0 aliphatic carbocycles. The molecule has 13 heteroatoms. The van der Waals surface area contributed by atoms with Crippen LogP contribution in [0.25, 0.3) is 0 Å². The molecule has 2 saturated heterocycles. The van der Waals surface area contributed by atoms with E-state index in [2.05, 4.69) is 10.3 Å². The minimum atomic E-state index is -3.94. The Morgan fingerprint density at radius 3 is 2.70 bits per heavy atom. The van der Waals surface area contributed by atoms with Crippen molar-refractivity contribution in [2.75, 3.05) is 12.7 Å². The van der Waals surface area contributed by atoms with Crippen molar-refractivity contribution in [3.05, 3.63) is 11.9 Å². The lowest BCUT2D eigenvalue weighted by Crippen LogP contribution is -2.58. The minimum absolute atomic E-state index is 0.102. The topological polar surface area (TPSA) is 138 Å². The first-order valence-electron chi connectivity index (χ1n) is 8.01. The molecule has 3 rings (SSSR count). The normalized spacial score (nSPS) is 28.4. The zero-order valence-corrected chi connectivity index (χ0v) is 16.1. The highest BCUT2D eigenvalue weighted by Crippen LogP contribution is 2.47. The fourth-order valence-corrected chi connectivity index (χ4v) is 5.86. The molecule has 27 heavy (non-hydrogen) atoms. The van der Waals surface area contributed by atoms with Gasteiger partial charge in [-0.15, -0.1) is 5.10 Å². The quantitative estimate of drug-likeness (QED) is 0.332. The van der Waals surface area contributed by atoms with Crippen LogP contribution < -0.4 is 0 Å². The van der Waals surface area contributed by atoms with Crippen LogP contribution in [-0.2, 0) is 35.4 Å². The highest BCUT2D eigenvalue weighted by Gasteiger charge is 2.70. The molecule has 11 nitrogen and oxygen atoms in total. The molecule has 2 aliphatic rings. The smallest absolute Gasteiger partial charge is 0.360 e. The molecule has 2 aliphatic heterocycles. The van der Waals surface area contributed by atoms with Gasteiger partial charge >= 0.3 is 11.9 Å². The molecule has 0 bridgehead atoms. The van der Waals surface area contributed by atoms with Crippen molar-refractivity contribution in [1.82, 2.24) is 19.9 Å². The number of nitrogens with zero attached hydrogens (tertiary/aromatic N) is 4. The summed E-state index contributed by atoms with van der Waals surface area (Å²) in [5.74, 6) is -2.09. The van der Waals surface area contributed by atoms with Gasteiger partial charge < -0.3 is 14.4 Å². The van der Waals surface area contributed by atoms with E-state index in [1.165, 1.54) is 13.1 Å². The van der Waals surface area contributed by atoms with Crippen molar-refractivity contribution >= 4 is 39.3 Å². The highest BCUT2D eigenvalue weighted by molar-refractivity contribution is 7.93. The van der Waals surface area contributed by atoms with Gasteiger partial charge in [0.1, 0.15) is 10.1 Å². The summed E-state index contributed by atoms with van der Waals surface area (Å²) in [4.78, 5) is 37.1. The monoisotopic (exact) mass is 420 g/mol. The van der Waals surface area contributed by atoms with Gasteiger partial charge in [0, 0.05) is 0 Å². The molecule has 0 spiro atoms. The Balaban J connectivity index is 1.96. The van der Waals surface area contributed by atoms with Crippen LogP contribution in [0.1, 0.15) is 30.8 Å². The predicted molar refractivity (Wildman–Crippen MR) is 89.2 cm³/mol. The molecule has 2 fully saturated rings. The first kappa shape index (κ1) is 19.5. The summed E-state index contributed by atoms with van der Waals surface area (Å²) in [5.41, 5.74) is -0.102. The van der Waals surface area contributed by atoms with E-state index in [0.29, 0.717) is 0 Å². The molecule has 0 radical (unpaired) electrons. The number of β-lactam (4-membered cyclic amide) rings is 1. The number of aromatic nitrogens is 3. The van der Waals surface area contributed by atoms with Crippen LogP contribution in [-0.4, -0.2) is 75.0 Å². The van der Waals surface area contributed by atoms with Gasteiger partial charge in [-0.05, 0) is 13.8 Å². The van der Waals surface area contributed by atoms with Gasteiger partial charge in [-0.1, -0.05) is 16.8 Å². The zero-order valence-electron chi connectivity index (χ0n) is 14.5. The van der Waals surface area contributed by atoms with Crippen LogP contribution in [0.2, 0.25) is 0 Å². The first-order chi connectivity index (χ1) is 12.7. The fourth-order valence-electron chi connectivity index (χ4n) is 3.40. The number of amides is 1. The molecule has 0 aromatic carbocycles. The summed E-state index contributed by atoms with van der Waals surface area (Å²) in [7, 11) is -3.94. The molecular weight excluding hydrogens is 404 g/mol. The number of esters is 2. The van der Waals surface area contributed by atoms with E-state index in [0.717, 1.165) is 9.58 Å². The Morgan fingerprint density at radius 2 is 2.11 bits per heavy atom. The second-order valence-corrected chi connectivity index (χ2v) is 9.10. The van der Waals surface area contributed by atoms with Crippen molar-refractivity contribution < 1.29 is 32.3 Å². The molecule has 3 atom stereocenters. The third-order valence-electron chi connectivity index (χ3n) is 4.73. The van der Waals surface area contributed by atoms with Crippen molar-refractivity contribution in [2.24, 2.45) is 0 Å². The van der Waals surface area contributed by atoms with Crippen LogP contribution in [0, 0.1) is 0 Å². The fraction of sp³-hybridized carbons (Fsp3) is 0.643. The average molecular weight is 421 g/mol. The number of halogens is 1. The van der Waals surface area contributed by atoms with Crippen molar-refractivity contribution in [2.45, 2.75) is 43.0 Å². The predicted octanol–water partition coefficient (Wildman–Crippen LogP) is -0.692. The lowest BCUT2D eigenvalue weighted by Gasteiger charge is -2.36. The van der Waals surface area contributed by atoms with Crippen LogP contribution in [0.5, 0.6) is 0 Å². The van der Waals surface area contributed by atoms with Crippen LogP contribution >= 0.6 is 11.6 Å². The molecule has 0 saturated carbocycles. The number of carbonyl (C=O) groups is 3. The van der Waals surface area contributed by atoms with E-state index in [1.807, 2.05) is 0 Å². The number of sulfone groups is 1. The van der Waals surface area contributed by atoms with Gasteiger partial charge in [0.2, 0.25) is 5.91 Å². The number of rotatable bonds is 6. The summed E-state index contributed by atoms with van der Waals surface area (Å²) in [5, 5.41) is 6.30. The maximum Gasteiger partial charge on any atom is 0.360 e. The Labute approximate surface area is 159 Å². The lowest BCUT2D eigenvalue weighted by atomic mass is 9.96. The van der Waals surface area contributed by atoms with E-state index in [4.69, 9.17) is 21.1 Å². The van der Waals surface area contributed by atoms with Gasteiger partial charge in [-0.25, -0.2) is 22.7 Å². The standard InChI is InChI=1S/C14H17ClN4O7S/c1-3-25-12(21)8-5-18(17-16-8)6-14(2)11(13(22)26-7-15)19-9(20)4-10(19)27(14,23)24/h5,10-11H,3-4,6-7H2,1-2H3/t10-,11-,14-/m0/s1. The van der Waals surface area contributed by atoms with E-state index in [-0.39, 0.29) is 25.3 Å². The number of alkyl halides is 1. The summed E-state index contributed by atoms with van der Waals surface area (Å²) < 4.78 is 35.0. The molecule has 0 unspecified atom stereocenters. The average Bonchev–Trinajstić information content (AvgIpc) is 3.09. The van der Waals surface area contributed by atoms with Gasteiger partial charge in [0.25, 0.3) is 0 Å². The van der Waals surface area contributed by atoms with Crippen LogP contribution in [0.15, 0.2) is 6.20 Å². The number of ether oxygens (including phenoxy) is 2. The third kappa shape index (κ3) is 2.87. The molecule has 148 valence electrons. The van der Waals surface area contributed by atoms with Crippen LogP contribution in [0.4, 0.5) is 0 Å². The van der Waals surface area contributed by atoms with Crippen molar-refractivity contribution in [3.63, 3.8) is 0 Å². The lowest BCUT2D eigenvalue weighted by molar-refractivity contribution is -0.160. The number of fused-ring (bicyclic) bond motifs is 1. The van der Waals surface area contributed by atoms with Crippen molar-refractivity contribution in [1.29, 1.82) is 0 Å². The summed E-state index contributed by atoms with van der Waals surface area (Å²) in [6, 6.07) is -1.85. The second-order valence-electron chi connectivity index (χ2n) is 6.31. The second kappa shape index (κ2) is 6.75. The van der Waals surface area contributed by atoms with Crippen molar-refractivity contribution in [3.8, 4) is 0 Å². The summed E-state index contributed by atoms with van der Waals surface area (Å²) >= 11 is 5.43. The third-order valence-corrected chi connectivity index (χ3v) is 7.60. The maximum atomic E-state index is 13.0. The molecule has 0 N–H and O–H groups in total. The van der Waals surface area contributed by atoms with E-state index < -0.39 is 49.9 Å². The molecule has 1 amide bonds. The van der Waals surface area contributed by atoms with Gasteiger partial charge in [0.15, 0.2) is 27.6 Å². The first-order valence-corrected chi connectivity index (χ1v) is 10.1. The molecular formula is C14H17ClN4O7S.